The van der Waals surface area contributed by atoms with Crippen molar-refractivity contribution in [3.05, 3.63) is 75.9 Å². The van der Waals surface area contributed by atoms with Crippen molar-refractivity contribution in [3.8, 4) is 23.1 Å². The van der Waals surface area contributed by atoms with Crippen LogP contribution in [0.4, 0.5) is 0 Å². The Bertz CT molecular complexity index is 1010. The fourth-order valence-corrected chi connectivity index (χ4v) is 2.99. The third-order valence-corrected chi connectivity index (χ3v) is 4.62. The number of ether oxygens (including phenoxy) is 3. The molecule has 1 heterocycles. The number of carbonyl (C=O) groups is 1. The fraction of sp³-hybridized carbons (Fsp3) is 0.143. The molecule has 8 heteroatoms. The number of methoxy groups -OCH3 is 2. The van der Waals surface area contributed by atoms with Gasteiger partial charge in [-0.25, -0.2) is 4.98 Å². The van der Waals surface area contributed by atoms with Gasteiger partial charge >= 0.3 is 0 Å². The number of nitrogens with one attached hydrogen (secondary N) is 1. The molecule has 1 N–H and O–H groups in total. The molecule has 0 bridgehead atoms. The zero-order valence-electron chi connectivity index (χ0n) is 15.7. The summed E-state index contributed by atoms with van der Waals surface area (Å²) in [5, 5.41) is 3.64. The first-order chi connectivity index (χ1) is 14.0. The van der Waals surface area contributed by atoms with Gasteiger partial charge in [-0.1, -0.05) is 29.3 Å². The van der Waals surface area contributed by atoms with Gasteiger partial charge in [0.05, 0.1) is 31.4 Å². The summed E-state index contributed by atoms with van der Waals surface area (Å²) < 4.78 is 16.5. The van der Waals surface area contributed by atoms with Gasteiger partial charge in [0.2, 0.25) is 5.88 Å². The Hall–Kier alpha value is -2.96. The van der Waals surface area contributed by atoms with Crippen LogP contribution in [0.15, 0.2) is 54.7 Å². The second-order valence-electron chi connectivity index (χ2n) is 5.86. The summed E-state index contributed by atoms with van der Waals surface area (Å²) in [6, 6.07) is 13.5. The van der Waals surface area contributed by atoms with Crippen LogP contribution in [0.2, 0.25) is 10.0 Å². The smallest absolute Gasteiger partial charge is 0.257 e. The highest BCUT2D eigenvalue weighted by Gasteiger charge is 2.17. The highest BCUT2D eigenvalue weighted by Crippen LogP contribution is 2.32. The summed E-state index contributed by atoms with van der Waals surface area (Å²) in [5.41, 5.74) is 0.965. The van der Waals surface area contributed by atoms with E-state index in [2.05, 4.69) is 10.3 Å². The first-order valence-corrected chi connectivity index (χ1v) is 9.35. The molecular weight excluding hydrogens is 415 g/mol. The zero-order valence-corrected chi connectivity index (χ0v) is 17.3. The van der Waals surface area contributed by atoms with E-state index < -0.39 is 0 Å². The SMILES string of the molecule is COc1cccc(OC)c1CNC(=O)c1cccnc1Oc1cc(Cl)ccc1Cl. The second kappa shape index (κ2) is 9.49. The number of nitrogens with zero attached hydrogens (tertiary/aromatic N) is 1. The summed E-state index contributed by atoms with van der Waals surface area (Å²) in [6.07, 6.45) is 1.52. The molecule has 3 aromatic rings. The first kappa shape index (κ1) is 20.8. The third kappa shape index (κ3) is 4.91. The topological polar surface area (TPSA) is 69.7 Å². The molecule has 0 aliphatic rings. The van der Waals surface area contributed by atoms with E-state index in [1.54, 1.807) is 56.7 Å². The van der Waals surface area contributed by atoms with E-state index in [1.165, 1.54) is 6.20 Å². The van der Waals surface area contributed by atoms with Crippen LogP contribution in [0.1, 0.15) is 15.9 Å². The number of amides is 1. The van der Waals surface area contributed by atoms with Crippen LogP contribution in [-0.2, 0) is 6.54 Å². The van der Waals surface area contributed by atoms with Crippen LogP contribution in [0.25, 0.3) is 0 Å². The molecule has 0 radical (unpaired) electrons. The number of rotatable bonds is 7. The maximum Gasteiger partial charge on any atom is 0.257 e. The molecule has 0 unspecified atom stereocenters. The average molecular weight is 433 g/mol. The van der Waals surface area contributed by atoms with E-state index in [1.807, 2.05) is 6.07 Å². The number of hydrogen-bond donors (Lipinski definition) is 1. The van der Waals surface area contributed by atoms with E-state index in [-0.39, 0.29) is 23.9 Å². The van der Waals surface area contributed by atoms with Crippen molar-refractivity contribution in [2.24, 2.45) is 0 Å². The van der Waals surface area contributed by atoms with Crippen molar-refractivity contribution < 1.29 is 19.0 Å². The van der Waals surface area contributed by atoms with Gasteiger partial charge in [0, 0.05) is 17.3 Å². The molecule has 0 aliphatic carbocycles. The number of carbonyl (C=O) groups excluding carboxylic acids is 1. The van der Waals surface area contributed by atoms with Crippen molar-refractivity contribution in [3.63, 3.8) is 0 Å². The molecule has 0 aliphatic heterocycles. The molecule has 0 spiro atoms. The van der Waals surface area contributed by atoms with E-state index in [4.69, 9.17) is 37.4 Å². The van der Waals surface area contributed by atoms with Gasteiger partial charge in [-0.15, -0.1) is 0 Å². The Morgan fingerprint density at radius 2 is 1.72 bits per heavy atom. The van der Waals surface area contributed by atoms with Crippen molar-refractivity contribution in [2.45, 2.75) is 6.54 Å². The predicted molar refractivity (Wildman–Crippen MR) is 111 cm³/mol. The van der Waals surface area contributed by atoms with Gasteiger partial charge in [-0.2, -0.15) is 0 Å². The number of benzene rings is 2. The molecule has 150 valence electrons. The van der Waals surface area contributed by atoms with Crippen LogP contribution in [0.5, 0.6) is 23.1 Å². The van der Waals surface area contributed by atoms with Crippen molar-refractivity contribution >= 4 is 29.1 Å². The minimum Gasteiger partial charge on any atom is -0.496 e. The Morgan fingerprint density at radius 3 is 2.41 bits per heavy atom. The van der Waals surface area contributed by atoms with Crippen LogP contribution in [-0.4, -0.2) is 25.1 Å². The number of hydrogen-bond acceptors (Lipinski definition) is 5. The minimum absolute atomic E-state index is 0.112. The molecule has 0 saturated heterocycles. The maximum absolute atomic E-state index is 12.8. The Kier molecular flexibility index (Phi) is 6.80. The molecular formula is C21H18Cl2N2O4. The van der Waals surface area contributed by atoms with Crippen LogP contribution >= 0.6 is 23.2 Å². The Balaban J connectivity index is 1.82. The largest absolute Gasteiger partial charge is 0.496 e. The average Bonchev–Trinajstić information content (AvgIpc) is 2.74. The molecule has 29 heavy (non-hydrogen) atoms. The molecule has 0 saturated carbocycles. The molecule has 3 rings (SSSR count). The number of halogens is 2. The quantitative estimate of drug-likeness (QED) is 0.560. The van der Waals surface area contributed by atoms with Crippen LogP contribution in [0.3, 0.4) is 0 Å². The van der Waals surface area contributed by atoms with Crippen molar-refractivity contribution in [1.82, 2.24) is 10.3 Å². The zero-order chi connectivity index (χ0) is 20.8. The van der Waals surface area contributed by atoms with Crippen LogP contribution < -0.4 is 19.5 Å². The Labute approximate surface area is 178 Å². The predicted octanol–water partition coefficient (Wildman–Crippen LogP) is 5.13. The van der Waals surface area contributed by atoms with Gasteiger partial charge in [-0.3, -0.25) is 4.79 Å². The highest BCUT2D eigenvalue weighted by molar-refractivity contribution is 6.34. The molecule has 1 amide bonds. The summed E-state index contributed by atoms with van der Waals surface area (Å²) in [7, 11) is 3.11. The molecule has 2 aromatic carbocycles. The van der Waals surface area contributed by atoms with Crippen LogP contribution in [0, 0.1) is 0 Å². The lowest BCUT2D eigenvalue weighted by Gasteiger charge is -2.15. The van der Waals surface area contributed by atoms with Gasteiger partial charge in [0.25, 0.3) is 5.91 Å². The summed E-state index contributed by atoms with van der Waals surface area (Å²) in [5.74, 6) is 1.26. The lowest BCUT2D eigenvalue weighted by Crippen LogP contribution is -2.24. The monoisotopic (exact) mass is 432 g/mol. The summed E-state index contributed by atoms with van der Waals surface area (Å²) >= 11 is 12.1. The first-order valence-electron chi connectivity index (χ1n) is 8.59. The molecule has 1 aromatic heterocycles. The highest BCUT2D eigenvalue weighted by atomic mass is 35.5. The molecule has 6 nitrogen and oxygen atoms in total. The van der Waals surface area contributed by atoms with E-state index in [0.29, 0.717) is 27.3 Å². The second-order valence-corrected chi connectivity index (χ2v) is 6.70. The lowest BCUT2D eigenvalue weighted by atomic mass is 10.1. The fourth-order valence-electron chi connectivity index (χ4n) is 2.67. The van der Waals surface area contributed by atoms with Gasteiger partial charge < -0.3 is 19.5 Å². The Morgan fingerprint density at radius 1 is 1.00 bits per heavy atom. The number of aromatic nitrogens is 1. The van der Waals surface area contributed by atoms with E-state index in [0.717, 1.165) is 5.56 Å². The third-order valence-electron chi connectivity index (χ3n) is 4.07. The normalized spacial score (nSPS) is 10.3. The number of pyridine rings is 1. The van der Waals surface area contributed by atoms with Gasteiger partial charge in [-0.05, 0) is 36.4 Å². The standard InChI is InChI=1S/C21H18Cl2N2O4/c1-27-17-6-3-7-18(28-2)15(17)12-25-20(26)14-5-4-10-24-21(14)29-19-11-13(22)8-9-16(19)23/h3-11H,12H2,1-2H3,(H,25,26). The van der Waals surface area contributed by atoms with Crippen molar-refractivity contribution in [1.29, 1.82) is 0 Å². The summed E-state index contributed by atoms with van der Waals surface area (Å²) in [6.45, 7) is 0.193. The minimum atomic E-state index is -0.376. The molecule has 0 fully saturated rings. The summed E-state index contributed by atoms with van der Waals surface area (Å²) in [4.78, 5) is 17.0. The van der Waals surface area contributed by atoms with Gasteiger partial charge in [0.15, 0.2) is 0 Å². The van der Waals surface area contributed by atoms with Crippen molar-refractivity contribution in [2.75, 3.05) is 14.2 Å². The molecule has 0 atom stereocenters. The lowest BCUT2D eigenvalue weighted by molar-refractivity contribution is 0.0947. The maximum atomic E-state index is 12.8. The van der Waals surface area contributed by atoms with E-state index >= 15 is 0 Å². The van der Waals surface area contributed by atoms with E-state index in [9.17, 15) is 4.79 Å². The van der Waals surface area contributed by atoms with Gasteiger partial charge in [0.1, 0.15) is 22.8 Å².